The second kappa shape index (κ2) is 9.54. The number of rotatable bonds is 8. The summed E-state index contributed by atoms with van der Waals surface area (Å²) in [6.07, 6.45) is 0. The topological polar surface area (TPSA) is 92.3 Å². The lowest BCUT2D eigenvalue weighted by Crippen LogP contribution is -2.38. The minimum absolute atomic E-state index is 0.118. The van der Waals surface area contributed by atoms with Crippen LogP contribution >= 0.6 is 23.1 Å². The van der Waals surface area contributed by atoms with Gasteiger partial charge in [-0.1, -0.05) is 55.1 Å². The summed E-state index contributed by atoms with van der Waals surface area (Å²) in [6.45, 7) is 3.56. The minimum Gasteiger partial charge on any atom is -0.299 e. The lowest BCUT2D eigenvalue weighted by Gasteiger charge is -2.23. The zero-order chi connectivity index (χ0) is 21.7. The largest absolute Gasteiger partial charge is 0.299 e. The fourth-order valence-electron chi connectivity index (χ4n) is 2.44. The van der Waals surface area contributed by atoms with E-state index in [4.69, 9.17) is 0 Å². The Morgan fingerprint density at radius 2 is 1.80 bits per heavy atom. The van der Waals surface area contributed by atoms with E-state index >= 15 is 0 Å². The summed E-state index contributed by atoms with van der Waals surface area (Å²) in [7, 11) is -4.10. The van der Waals surface area contributed by atoms with Crippen LogP contribution in [0.3, 0.4) is 0 Å². The molecule has 0 fully saturated rings. The van der Waals surface area contributed by atoms with E-state index in [0.29, 0.717) is 15.3 Å². The first-order valence-corrected chi connectivity index (χ1v) is 12.0. The average molecular weight is 467 g/mol. The molecule has 0 saturated heterocycles. The summed E-state index contributed by atoms with van der Waals surface area (Å²) in [4.78, 5) is 12.5. The molecular formula is C19H19FN4O3S3. The first-order chi connectivity index (χ1) is 14.3. The zero-order valence-electron chi connectivity index (χ0n) is 16.1. The Morgan fingerprint density at radius 3 is 2.43 bits per heavy atom. The van der Waals surface area contributed by atoms with E-state index in [0.717, 1.165) is 16.4 Å². The van der Waals surface area contributed by atoms with Crippen LogP contribution in [0, 0.1) is 5.82 Å². The molecule has 0 unspecified atom stereocenters. The fourth-order valence-corrected chi connectivity index (χ4v) is 5.85. The maximum atomic E-state index is 13.2. The third kappa shape index (κ3) is 5.55. The average Bonchev–Trinajstić information content (AvgIpc) is 3.13. The van der Waals surface area contributed by atoms with E-state index < -0.39 is 28.3 Å². The first kappa shape index (κ1) is 22.2. The van der Waals surface area contributed by atoms with Crippen LogP contribution in [0.4, 0.5) is 15.2 Å². The Kier molecular flexibility index (Phi) is 7.06. The standard InChI is InChI=1S/C19H19FN4O3S3/c1-13(2)28-19-23-22-18(29-19)21-17(25)12-24(15-6-4-3-5-7-15)30(26,27)16-10-8-14(20)9-11-16/h3-11,13H,12H2,1-2H3,(H,21,22,25). The van der Waals surface area contributed by atoms with Crippen molar-refractivity contribution in [2.45, 2.75) is 28.3 Å². The maximum Gasteiger partial charge on any atom is 0.264 e. The van der Waals surface area contributed by atoms with Crippen LogP contribution in [0.1, 0.15) is 13.8 Å². The van der Waals surface area contributed by atoms with Gasteiger partial charge in [0.1, 0.15) is 12.4 Å². The van der Waals surface area contributed by atoms with Crippen LogP contribution in [-0.2, 0) is 14.8 Å². The van der Waals surface area contributed by atoms with E-state index in [9.17, 15) is 17.6 Å². The molecule has 0 bridgehead atoms. The van der Waals surface area contributed by atoms with Crippen LogP contribution in [-0.4, -0.2) is 36.3 Å². The van der Waals surface area contributed by atoms with Crippen molar-refractivity contribution in [1.82, 2.24) is 10.2 Å². The number of hydrogen-bond donors (Lipinski definition) is 1. The van der Waals surface area contributed by atoms with Crippen molar-refractivity contribution in [1.29, 1.82) is 0 Å². The normalized spacial score (nSPS) is 11.5. The highest BCUT2D eigenvalue weighted by Crippen LogP contribution is 2.29. The number of carbonyl (C=O) groups excluding carboxylic acids is 1. The minimum atomic E-state index is -4.10. The highest BCUT2D eigenvalue weighted by Gasteiger charge is 2.27. The van der Waals surface area contributed by atoms with Crippen LogP contribution in [0.5, 0.6) is 0 Å². The fraction of sp³-hybridized carbons (Fsp3) is 0.211. The molecule has 11 heteroatoms. The number of sulfonamides is 1. The number of nitrogens with zero attached hydrogens (tertiary/aromatic N) is 3. The Hall–Kier alpha value is -2.50. The maximum absolute atomic E-state index is 13.2. The van der Waals surface area contributed by atoms with Crippen molar-refractivity contribution in [3.8, 4) is 0 Å². The van der Waals surface area contributed by atoms with Crippen molar-refractivity contribution in [2.24, 2.45) is 0 Å². The number of thioether (sulfide) groups is 1. The van der Waals surface area contributed by atoms with Crippen molar-refractivity contribution >= 4 is 49.8 Å². The van der Waals surface area contributed by atoms with Crippen molar-refractivity contribution in [2.75, 3.05) is 16.2 Å². The van der Waals surface area contributed by atoms with E-state index in [1.807, 2.05) is 13.8 Å². The molecule has 3 aromatic rings. The third-order valence-corrected chi connectivity index (χ3v) is 7.44. The van der Waals surface area contributed by atoms with Gasteiger partial charge >= 0.3 is 0 Å². The van der Waals surface area contributed by atoms with Gasteiger partial charge in [0.25, 0.3) is 10.0 Å². The molecule has 1 amide bonds. The summed E-state index contributed by atoms with van der Waals surface area (Å²) in [6, 6.07) is 12.7. The molecule has 0 spiro atoms. The van der Waals surface area contributed by atoms with Gasteiger partial charge in [0, 0.05) is 5.25 Å². The third-order valence-electron chi connectivity index (χ3n) is 3.72. The molecule has 158 valence electrons. The molecule has 0 aliphatic carbocycles. The number of para-hydroxylation sites is 1. The Morgan fingerprint density at radius 1 is 1.13 bits per heavy atom. The van der Waals surface area contributed by atoms with Gasteiger partial charge in [-0.05, 0) is 36.4 Å². The highest BCUT2D eigenvalue weighted by atomic mass is 32.2. The van der Waals surface area contributed by atoms with Gasteiger partial charge in [-0.3, -0.25) is 14.4 Å². The molecule has 1 heterocycles. The number of nitrogens with one attached hydrogen (secondary N) is 1. The Labute approximate surface area is 182 Å². The predicted octanol–water partition coefficient (Wildman–Crippen LogP) is 4.01. The van der Waals surface area contributed by atoms with Gasteiger partial charge in [-0.2, -0.15) is 0 Å². The number of anilines is 2. The molecule has 7 nitrogen and oxygen atoms in total. The van der Waals surface area contributed by atoms with Gasteiger partial charge < -0.3 is 0 Å². The molecular weight excluding hydrogens is 447 g/mol. The second-order valence-electron chi connectivity index (χ2n) is 6.39. The summed E-state index contributed by atoms with van der Waals surface area (Å²) in [5.74, 6) is -1.12. The van der Waals surface area contributed by atoms with Gasteiger partial charge in [0.05, 0.1) is 10.6 Å². The SMILES string of the molecule is CC(C)Sc1nnc(NC(=O)CN(c2ccccc2)S(=O)(=O)c2ccc(F)cc2)s1. The molecule has 0 aliphatic heterocycles. The Balaban J connectivity index is 1.84. The molecule has 2 aromatic carbocycles. The first-order valence-electron chi connectivity index (χ1n) is 8.89. The predicted molar refractivity (Wildman–Crippen MR) is 117 cm³/mol. The van der Waals surface area contributed by atoms with Crippen molar-refractivity contribution in [3.05, 3.63) is 60.4 Å². The molecule has 0 aliphatic rings. The van der Waals surface area contributed by atoms with E-state index in [2.05, 4.69) is 15.5 Å². The summed E-state index contributed by atoms with van der Waals surface area (Å²) in [5, 5.41) is 11.1. The van der Waals surface area contributed by atoms with E-state index in [1.165, 1.54) is 35.2 Å². The van der Waals surface area contributed by atoms with E-state index in [-0.39, 0.29) is 10.0 Å². The molecule has 0 atom stereocenters. The van der Waals surface area contributed by atoms with Gasteiger partial charge in [0.15, 0.2) is 4.34 Å². The monoisotopic (exact) mass is 466 g/mol. The zero-order valence-corrected chi connectivity index (χ0v) is 18.6. The summed E-state index contributed by atoms with van der Waals surface area (Å²) in [5.41, 5.74) is 0.310. The smallest absolute Gasteiger partial charge is 0.264 e. The molecule has 3 rings (SSSR count). The molecule has 1 N–H and O–H groups in total. The number of aromatic nitrogens is 2. The summed E-state index contributed by atoms with van der Waals surface area (Å²) < 4.78 is 41.2. The number of benzene rings is 2. The van der Waals surface area contributed by atoms with Gasteiger partial charge in [-0.25, -0.2) is 12.8 Å². The molecule has 30 heavy (non-hydrogen) atoms. The number of halogens is 1. The second-order valence-corrected chi connectivity index (χ2v) is 11.1. The molecule has 1 aromatic heterocycles. The highest BCUT2D eigenvalue weighted by molar-refractivity contribution is 8.01. The van der Waals surface area contributed by atoms with Gasteiger partial charge in [-0.15, -0.1) is 10.2 Å². The number of amides is 1. The van der Waals surface area contributed by atoms with Crippen LogP contribution in [0.2, 0.25) is 0 Å². The number of hydrogen-bond acceptors (Lipinski definition) is 7. The molecule has 0 radical (unpaired) electrons. The quantitative estimate of drug-likeness (QED) is 0.398. The van der Waals surface area contributed by atoms with Crippen molar-refractivity contribution < 1.29 is 17.6 Å². The van der Waals surface area contributed by atoms with Crippen LogP contribution in [0.15, 0.2) is 63.8 Å². The van der Waals surface area contributed by atoms with Crippen LogP contribution in [0.25, 0.3) is 0 Å². The summed E-state index contributed by atoms with van der Waals surface area (Å²) >= 11 is 2.73. The van der Waals surface area contributed by atoms with Crippen molar-refractivity contribution in [3.63, 3.8) is 0 Å². The Bertz CT molecular complexity index is 1100. The van der Waals surface area contributed by atoms with Crippen LogP contribution < -0.4 is 9.62 Å². The lowest BCUT2D eigenvalue weighted by atomic mass is 10.3. The lowest BCUT2D eigenvalue weighted by molar-refractivity contribution is -0.114. The van der Waals surface area contributed by atoms with Gasteiger partial charge in [0.2, 0.25) is 11.0 Å². The number of carbonyl (C=O) groups is 1. The van der Waals surface area contributed by atoms with E-state index in [1.54, 1.807) is 30.3 Å². The molecule has 0 saturated carbocycles.